The van der Waals surface area contributed by atoms with Crippen LogP contribution in [0.4, 0.5) is 0 Å². The normalized spacial score (nSPS) is 18.1. The molecule has 7 heteroatoms. The lowest BCUT2D eigenvalue weighted by Gasteiger charge is -2.16. The zero-order valence-corrected chi connectivity index (χ0v) is 13.7. The van der Waals surface area contributed by atoms with Gasteiger partial charge in [-0.2, -0.15) is 4.31 Å². The van der Waals surface area contributed by atoms with Crippen LogP contribution in [0.5, 0.6) is 0 Å². The molecule has 1 aromatic carbocycles. The number of halogens is 1. The lowest BCUT2D eigenvalue weighted by atomic mass is 10.1. The summed E-state index contributed by atoms with van der Waals surface area (Å²) >= 11 is 7.33. The highest BCUT2D eigenvalue weighted by Gasteiger charge is 2.28. The van der Waals surface area contributed by atoms with Crippen molar-refractivity contribution in [3.63, 3.8) is 0 Å². The summed E-state index contributed by atoms with van der Waals surface area (Å²) in [6.45, 7) is 1.01. The van der Waals surface area contributed by atoms with Crippen molar-refractivity contribution in [1.29, 1.82) is 0 Å². The SMILES string of the molecule is O=S1(=O)CCCN1Cc1ccccc1-c1nc(CCl)cs1. The predicted octanol–water partition coefficient (Wildman–Crippen LogP) is 3.08. The minimum absolute atomic E-state index is 0.253. The van der Waals surface area contributed by atoms with E-state index >= 15 is 0 Å². The Morgan fingerprint density at radius 1 is 1.33 bits per heavy atom. The molecule has 2 aromatic rings. The number of thiazole rings is 1. The van der Waals surface area contributed by atoms with Crippen LogP contribution in [0.1, 0.15) is 17.7 Å². The molecular weight excluding hydrogens is 328 g/mol. The molecule has 0 amide bonds. The molecule has 0 spiro atoms. The molecule has 0 bridgehead atoms. The molecule has 21 heavy (non-hydrogen) atoms. The summed E-state index contributed by atoms with van der Waals surface area (Å²) < 4.78 is 25.5. The molecule has 1 aromatic heterocycles. The highest BCUT2D eigenvalue weighted by molar-refractivity contribution is 7.89. The van der Waals surface area contributed by atoms with Gasteiger partial charge < -0.3 is 0 Å². The van der Waals surface area contributed by atoms with Gasteiger partial charge in [-0.3, -0.25) is 0 Å². The van der Waals surface area contributed by atoms with Gasteiger partial charge in [0.25, 0.3) is 0 Å². The van der Waals surface area contributed by atoms with E-state index in [0.29, 0.717) is 25.4 Å². The Balaban J connectivity index is 1.93. The van der Waals surface area contributed by atoms with Crippen molar-refractivity contribution in [2.75, 3.05) is 12.3 Å². The fourth-order valence-corrected chi connectivity index (χ4v) is 5.02. The van der Waals surface area contributed by atoms with E-state index in [2.05, 4.69) is 4.98 Å². The van der Waals surface area contributed by atoms with Gasteiger partial charge in [0.15, 0.2) is 0 Å². The Labute approximate surface area is 133 Å². The van der Waals surface area contributed by atoms with Crippen LogP contribution in [0.25, 0.3) is 10.6 Å². The van der Waals surface area contributed by atoms with Crippen LogP contribution in [0, 0.1) is 0 Å². The third-order valence-electron chi connectivity index (χ3n) is 3.49. The van der Waals surface area contributed by atoms with Crippen molar-refractivity contribution in [2.24, 2.45) is 0 Å². The molecule has 2 heterocycles. The number of alkyl halides is 1. The first-order valence-corrected chi connectivity index (χ1v) is 9.69. The van der Waals surface area contributed by atoms with Gasteiger partial charge in [0.1, 0.15) is 5.01 Å². The lowest BCUT2D eigenvalue weighted by molar-refractivity contribution is 0.440. The molecule has 1 aliphatic heterocycles. The molecule has 0 aliphatic carbocycles. The van der Waals surface area contributed by atoms with Gasteiger partial charge in [-0.1, -0.05) is 24.3 Å². The summed E-state index contributed by atoms with van der Waals surface area (Å²) in [6.07, 6.45) is 0.706. The van der Waals surface area contributed by atoms with Gasteiger partial charge in [0.05, 0.1) is 17.3 Å². The molecule has 112 valence electrons. The number of sulfonamides is 1. The van der Waals surface area contributed by atoms with Gasteiger partial charge in [0, 0.05) is 24.0 Å². The average molecular weight is 343 g/mol. The highest BCUT2D eigenvalue weighted by atomic mass is 35.5. The van der Waals surface area contributed by atoms with Crippen molar-refractivity contribution in [2.45, 2.75) is 18.8 Å². The topological polar surface area (TPSA) is 50.3 Å². The Morgan fingerprint density at radius 3 is 2.81 bits per heavy atom. The molecule has 0 radical (unpaired) electrons. The fourth-order valence-electron chi connectivity index (χ4n) is 2.42. The summed E-state index contributed by atoms with van der Waals surface area (Å²) in [6, 6.07) is 7.82. The first kappa shape index (κ1) is 15.0. The zero-order valence-electron chi connectivity index (χ0n) is 11.3. The van der Waals surface area contributed by atoms with Crippen LogP contribution in [0.15, 0.2) is 29.6 Å². The number of benzene rings is 1. The number of aromatic nitrogens is 1. The van der Waals surface area contributed by atoms with Crippen LogP contribution in [-0.4, -0.2) is 30.0 Å². The maximum Gasteiger partial charge on any atom is 0.214 e. The Morgan fingerprint density at radius 2 is 2.14 bits per heavy atom. The minimum atomic E-state index is -3.09. The Bertz CT molecular complexity index is 743. The van der Waals surface area contributed by atoms with Gasteiger partial charge in [-0.25, -0.2) is 13.4 Å². The maximum atomic E-state index is 12.0. The van der Waals surface area contributed by atoms with Crippen LogP contribution in [0.3, 0.4) is 0 Å². The second-order valence-electron chi connectivity index (χ2n) is 4.94. The molecule has 4 nitrogen and oxygen atoms in total. The van der Waals surface area contributed by atoms with E-state index in [4.69, 9.17) is 11.6 Å². The van der Waals surface area contributed by atoms with Crippen molar-refractivity contribution in [3.05, 3.63) is 40.9 Å². The van der Waals surface area contributed by atoms with E-state index in [-0.39, 0.29) is 5.75 Å². The molecule has 0 atom stereocenters. The third-order valence-corrected chi connectivity index (χ3v) is 6.59. The van der Waals surface area contributed by atoms with Crippen LogP contribution in [-0.2, 0) is 22.4 Å². The molecule has 0 unspecified atom stereocenters. The van der Waals surface area contributed by atoms with E-state index in [0.717, 1.165) is 21.8 Å². The Kier molecular flexibility index (Phi) is 4.31. The van der Waals surface area contributed by atoms with Crippen molar-refractivity contribution in [3.8, 4) is 10.6 Å². The van der Waals surface area contributed by atoms with Gasteiger partial charge in [0.2, 0.25) is 10.0 Å². The minimum Gasteiger partial charge on any atom is -0.240 e. The molecule has 3 rings (SSSR count). The smallest absolute Gasteiger partial charge is 0.214 e. The summed E-state index contributed by atoms with van der Waals surface area (Å²) in [4.78, 5) is 4.49. The lowest BCUT2D eigenvalue weighted by Crippen LogP contribution is -2.25. The van der Waals surface area contributed by atoms with Crippen molar-refractivity contribution in [1.82, 2.24) is 9.29 Å². The summed E-state index contributed by atoms with van der Waals surface area (Å²) in [5.74, 6) is 0.641. The predicted molar refractivity (Wildman–Crippen MR) is 85.9 cm³/mol. The quantitative estimate of drug-likeness (QED) is 0.802. The molecular formula is C14H15ClN2O2S2. The molecule has 1 fully saturated rings. The fraction of sp³-hybridized carbons (Fsp3) is 0.357. The van der Waals surface area contributed by atoms with Crippen molar-refractivity contribution < 1.29 is 8.42 Å². The highest BCUT2D eigenvalue weighted by Crippen LogP contribution is 2.29. The van der Waals surface area contributed by atoms with Crippen LogP contribution in [0.2, 0.25) is 0 Å². The third kappa shape index (κ3) is 3.13. The number of nitrogens with zero attached hydrogens (tertiary/aromatic N) is 2. The van der Waals surface area contributed by atoms with E-state index in [1.807, 2.05) is 29.6 Å². The number of rotatable bonds is 4. The maximum absolute atomic E-state index is 12.0. The van der Waals surface area contributed by atoms with E-state index in [9.17, 15) is 8.42 Å². The molecule has 1 saturated heterocycles. The monoisotopic (exact) mass is 342 g/mol. The van der Waals surface area contributed by atoms with Crippen LogP contribution >= 0.6 is 22.9 Å². The van der Waals surface area contributed by atoms with E-state index in [1.54, 1.807) is 4.31 Å². The number of hydrogen-bond donors (Lipinski definition) is 0. The zero-order chi connectivity index (χ0) is 14.9. The largest absolute Gasteiger partial charge is 0.240 e. The van der Waals surface area contributed by atoms with E-state index in [1.165, 1.54) is 11.3 Å². The average Bonchev–Trinajstić information content (AvgIpc) is 3.07. The molecule has 1 aliphatic rings. The van der Waals surface area contributed by atoms with Crippen LogP contribution < -0.4 is 0 Å². The van der Waals surface area contributed by atoms with Gasteiger partial charge >= 0.3 is 0 Å². The van der Waals surface area contributed by atoms with Gasteiger partial charge in [-0.05, 0) is 12.0 Å². The molecule has 0 N–H and O–H groups in total. The first-order valence-electron chi connectivity index (χ1n) is 6.66. The first-order chi connectivity index (χ1) is 10.1. The van der Waals surface area contributed by atoms with Gasteiger partial charge in [-0.15, -0.1) is 22.9 Å². The number of hydrogen-bond acceptors (Lipinski definition) is 4. The molecule has 0 saturated carbocycles. The standard InChI is InChI=1S/C14H15ClN2O2S2/c15-8-12-10-20-14(16-12)13-5-2-1-4-11(13)9-17-6-3-7-21(17,18)19/h1-2,4-5,10H,3,6-9H2. The second kappa shape index (κ2) is 6.04. The summed E-state index contributed by atoms with van der Waals surface area (Å²) in [5.41, 5.74) is 2.82. The Hall–Kier alpha value is -0.950. The van der Waals surface area contributed by atoms with Crippen molar-refractivity contribution >= 4 is 33.0 Å². The summed E-state index contributed by atoms with van der Waals surface area (Å²) in [7, 11) is -3.09. The summed E-state index contributed by atoms with van der Waals surface area (Å²) in [5, 5.41) is 2.82. The van der Waals surface area contributed by atoms with E-state index < -0.39 is 10.0 Å². The second-order valence-corrected chi connectivity index (χ2v) is 8.15.